The summed E-state index contributed by atoms with van der Waals surface area (Å²) < 4.78 is 0.905. The third-order valence-corrected chi connectivity index (χ3v) is 5.13. The van der Waals surface area contributed by atoms with Crippen molar-refractivity contribution in [3.63, 3.8) is 0 Å². The number of rotatable bonds is 3. The van der Waals surface area contributed by atoms with E-state index in [4.69, 9.17) is 11.6 Å². The molecule has 0 saturated heterocycles. The molecule has 3 rings (SSSR count). The summed E-state index contributed by atoms with van der Waals surface area (Å²) in [5.41, 5.74) is 0.705. The maximum atomic E-state index is 12.4. The second-order valence-electron chi connectivity index (χ2n) is 4.33. The van der Waals surface area contributed by atoms with Gasteiger partial charge in [0.2, 0.25) is 0 Å². The highest BCUT2D eigenvalue weighted by Crippen LogP contribution is 2.31. The van der Waals surface area contributed by atoms with Crippen molar-refractivity contribution < 1.29 is 4.79 Å². The maximum Gasteiger partial charge on any atom is 0.198 e. The van der Waals surface area contributed by atoms with Gasteiger partial charge in [-0.05, 0) is 25.1 Å². The second kappa shape index (κ2) is 5.53. The molecule has 4 nitrogen and oxygen atoms in total. The molecular formula is C14H8ClN3OS2. The molecule has 0 bridgehead atoms. The number of carbonyl (C=O) groups is 1. The Kier molecular flexibility index (Phi) is 3.72. The maximum absolute atomic E-state index is 12.4. The third-order valence-electron chi connectivity index (χ3n) is 2.87. The molecular weight excluding hydrogens is 326 g/mol. The normalized spacial score (nSPS) is 12.2. The minimum absolute atomic E-state index is 0.256. The number of hydrogen-bond acceptors (Lipinski definition) is 6. The highest BCUT2D eigenvalue weighted by molar-refractivity contribution is 7.19. The van der Waals surface area contributed by atoms with Gasteiger partial charge in [0.05, 0.1) is 26.2 Å². The van der Waals surface area contributed by atoms with Gasteiger partial charge < -0.3 is 0 Å². The Labute approximate surface area is 133 Å². The topological polar surface area (TPSA) is 66.6 Å². The summed E-state index contributed by atoms with van der Waals surface area (Å²) in [6, 6.07) is 7.38. The number of hydrogen-bond donors (Lipinski definition) is 0. The van der Waals surface area contributed by atoms with Crippen molar-refractivity contribution in [2.24, 2.45) is 0 Å². The van der Waals surface area contributed by atoms with E-state index in [0.29, 0.717) is 20.4 Å². The molecule has 0 saturated carbocycles. The van der Waals surface area contributed by atoms with Crippen LogP contribution in [0, 0.1) is 18.3 Å². The van der Waals surface area contributed by atoms with Crippen LogP contribution in [-0.4, -0.2) is 15.8 Å². The fraction of sp³-hybridized carbons (Fsp3) is 0.143. The lowest BCUT2D eigenvalue weighted by molar-refractivity contribution is 0.0982. The monoisotopic (exact) mass is 333 g/mol. The number of nitriles is 1. The molecule has 7 heteroatoms. The quantitative estimate of drug-likeness (QED) is 0.673. The molecule has 1 aromatic carbocycles. The number of Topliss-reactive ketones (excluding diaryl/α,β-unsaturated/α-hetero) is 1. The standard InChI is InChI=1S/C14H8ClN3OS2/c1-7-17-6-12(20-7)13(19)9(5-16)14-18-10-4-8(15)2-3-11(10)21-14/h2-4,6,9H,1H3. The van der Waals surface area contributed by atoms with Crippen molar-refractivity contribution in [1.82, 2.24) is 9.97 Å². The first-order valence-electron chi connectivity index (χ1n) is 6.00. The lowest BCUT2D eigenvalue weighted by atomic mass is 10.1. The molecule has 1 unspecified atom stereocenters. The number of aromatic nitrogens is 2. The van der Waals surface area contributed by atoms with E-state index in [1.54, 1.807) is 12.1 Å². The van der Waals surface area contributed by atoms with E-state index >= 15 is 0 Å². The van der Waals surface area contributed by atoms with Crippen LogP contribution in [0.15, 0.2) is 24.4 Å². The minimum atomic E-state index is -0.902. The molecule has 0 radical (unpaired) electrons. The van der Waals surface area contributed by atoms with Crippen LogP contribution in [-0.2, 0) is 0 Å². The summed E-state index contributed by atoms with van der Waals surface area (Å²) in [4.78, 5) is 21.3. The molecule has 0 N–H and O–H groups in total. The van der Waals surface area contributed by atoms with Gasteiger partial charge in [0.1, 0.15) is 5.01 Å². The smallest absolute Gasteiger partial charge is 0.198 e. The third kappa shape index (κ3) is 2.68. The zero-order valence-electron chi connectivity index (χ0n) is 10.8. The number of benzene rings is 1. The number of carbonyl (C=O) groups excluding carboxylic acids is 1. The van der Waals surface area contributed by atoms with Gasteiger partial charge in [-0.15, -0.1) is 22.7 Å². The second-order valence-corrected chi connectivity index (χ2v) is 7.07. The van der Waals surface area contributed by atoms with Gasteiger partial charge in [-0.3, -0.25) is 4.79 Å². The molecule has 104 valence electrons. The Morgan fingerprint density at radius 3 is 2.90 bits per heavy atom. The van der Waals surface area contributed by atoms with Gasteiger partial charge in [-0.25, -0.2) is 9.97 Å². The van der Waals surface area contributed by atoms with Gasteiger partial charge in [0, 0.05) is 11.2 Å². The van der Waals surface area contributed by atoms with Crippen molar-refractivity contribution in [3.8, 4) is 6.07 Å². The molecule has 3 aromatic rings. The number of fused-ring (bicyclic) bond motifs is 1. The summed E-state index contributed by atoms with van der Waals surface area (Å²) in [7, 11) is 0. The number of nitrogens with zero attached hydrogens (tertiary/aromatic N) is 3. The Bertz CT molecular complexity index is 878. The highest BCUT2D eigenvalue weighted by atomic mass is 35.5. The van der Waals surface area contributed by atoms with E-state index in [1.165, 1.54) is 28.9 Å². The van der Waals surface area contributed by atoms with Crippen LogP contribution in [0.4, 0.5) is 0 Å². The van der Waals surface area contributed by atoms with Crippen molar-refractivity contribution in [2.75, 3.05) is 0 Å². The molecule has 1 atom stereocenters. The summed E-state index contributed by atoms with van der Waals surface area (Å²) in [6.45, 7) is 1.82. The van der Waals surface area contributed by atoms with Gasteiger partial charge in [-0.1, -0.05) is 11.6 Å². The number of aryl methyl sites for hydroxylation is 1. The van der Waals surface area contributed by atoms with Gasteiger partial charge in [0.15, 0.2) is 11.7 Å². The van der Waals surface area contributed by atoms with Crippen molar-refractivity contribution in [1.29, 1.82) is 5.26 Å². The first-order chi connectivity index (χ1) is 10.1. The van der Waals surface area contributed by atoms with Crippen LogP contribution in [0.5, 0.6) is 0 Å². The largest absolute Gasteiger partial charge is 0.291 e. The van der Waals surface area contributed by atoms with E-state index in [-0.39, 0.29) is 5.78 Å². The predicted octanol–water partition coefficient (Wildman–Crippen LogP) is 4.20. The Hall–Kier alpha value is -1.81. The molecule has 21 heavy (non-hydrogen) atoms. The Morgan fingerprint density at radius 2 is 2.24 bits per heavy atom. The van der Waals surface area contributed by atoms with Gasteiger partial charge in [-0.2, -0.15) is 5.26 Å². The van der Waals surface area contributed by atoms with Gasteiger partial charge >= 0.3 is 0 Å². The average Bonchev–Trinajstić information content (AvgIpc) is 3.05. The van der Waals surface area contributed by atoms with E-state index in [9.17, 15) is 10.1 Å². The lowest BCUT2D eigenvalue weighted by Crippen LogP contribution is -2.09. The van der Waals surface area contributed by atoms with Crippen LogP contribution in [0.2, 0.25) is 5.02 Å². The highest BCUT2D eigenvalue weighted by Gasteiger charge is 2.26. The Morgan fingerprint density at radius 1 is 1.43 bits per heavy atom. The molecule has 0 amide bonds. The zero-order chi connectivity index (χ0) is 15.0. The minimum Gasteiger partial charge on any atom is -0.291 e. The zero-order valence-corrected chi connectivity index (χ0v) is 13.2. The average molecular weight is 334 g/mol. The molecule has 2 heterocycles. The van der Waals surface area contributed by atoms with Crippen LogP contribution >= 0.6 is 34.3 Å². The van der Waals surface area contributed by atoms with E-state index < -0.39 is 5.92 Å². The first kappa shape index (κ1) is 14.1. The SMILES string of the molecule is Cc1ncc(C(=O)C(C#N)c2nc3cc(Cl)ccc3s2)s1. The fourth-order valence-corrected chi connectivity index (χ4v) is 3.79. The Balaban J connectivity index is 2.02. The molecule has 0 aliphatic rings. The number of thiazole rings is 2. The van der Waals surface area contributed by atoms with Gasteiger partial charge in [0.25, 0.3) is 0 Å². The number of halogens is 1. The van der Waals surface area contributed by atoms with E-state index in [2.05, 4.69) is 9.97 Å². The predicted molar refractivity (Wildman–Crippen MR) is 84.2 cm³/mol. The van der Waals surface area contributed by atoms with Crippen LogP contribution in [0.1, 0.15) is 25.6 Å². The molecule has 2 aromatic heterocycles. The summed E-state index contributed by atoms with van der Waals surface area (Å²) >= 11 is 8.56. The van der Waals surface area contributed by atoms with Crippen LogP contribution in [0.25, 0.3) is 10.2 Å². The fourth-order valence-electron chi connectivity index (χ4n) is 1.89. The molecule has 0 fully saturated rings. The van der Waals surface area contributed by atoms with Crippen molar-refractivity contribution in [2.45, 2.75) is 12.8 Å². The lowest BCUT2D eigenvalue weighted by Gasteiger charge is -2.01. The van der Waals surface area contributed by atoms with E-state index in [1.807, 2.05) is 19.1 Å². The molecule has 0 aliphatic carbocycles. The van der Waals surface area contributed by atoms with E-state index in [0.717, 1.165) is 9.71 Å². The molecule has 0 spiro atoms. The number of ketones is 1. The summed E-state index contributed by atoms with van der Waals surface area (Å²) in [5, 5.41) is 11.2. The summed E-state index contributed by atoms with van der Waals surface area (Å²) in [6.07, 6.45) is 1.51. The van der Waals surface area contributed by atoms with Crippen molar-refractivity contribution >= 4 is 50.3 Å². The molecule has 0 aliphatic heterocycles. The summed E-state index contributed by atoms with van der Waals surface area (Å²) in [5.74, 6) is -1.16. The van der Waals surface area contributed by atoms with Crippen LogP contribution in [0.3, 0.4) is 0 Å². The first-order valence-corrected chi connectivity index (χ1v) is 8.02. The van der Waals surface area contributed by atoms with Crippen molar-refractivity contribution in [3.05, 3.63) is 44.3 Å². The van der Waals surface area contributed by atoms with Crippen LogP contribution < -0.4 is 0 Å².